The van der Waals surface area contributed by atoms with Gasteiger partial charge in [-0.3, -0.25) is 4.79 Å². The molecule has 0 saturated heterocycles. The van der Waals surface area contributed by atoms with Gasteiger partial charge in [-0.25, -0.2) is 0 Å². The molecule has 0 fully saturated rings. The van der Waals surface area contributed by atoms with Crippen LogP contribution in [0.25, 0.3) is 0 Å². The molecule has 0 N–H and O–H groups in total. The third-order valence-electron chi connectivity index (χ3n) is 2.42. The molecule has 0 amide bonds. The molecule has 0 radical (unpaired) electrons. The zero-order valence-corrected chi connectivity index (χ0v) is 9.65. The Kier molecular flexibility index (Phi) is 3.55. The third kappa shape index (κ3) is 3.13. The number of hydrogen-bond donors (Lipinski definition) is 0. The second-order valence-electron chi connectivity index (χ2n) is 3.79. The number of hydrogen-bond acceptors (Lipinski definition) is 2. The summed E-state index contributed by atoms with van der Waals surface area (Å²) in [4.78, 5) is 10.5. The van der Waals surface area contributed by atoms with E-state index in [1.807, 2.05) is 0 Å². The van der Waals surface area contributed by atoms with Gasteiger partial charge in [-0.15, -0.1) is 0 Å². The smallest absolute Gasteiger partial charge is 0.420 e. The van der Waals surface area contributed by atoms with E-state index in [1.165, 1.54) is 6.07 Å². The highest BCUT2D eigenvalue weighted by Gasteiger charge is 2.34. The van der Waals surface area contributed by atoms with Crippen LogP contribution in [0.2, 0.25) is 0 Å². The maximum Gasteiger partial charge on any atom is 0.420 e. The quantitative estimate of drug-likeness (QED) is 0.774. The molecule has 0 aliphatic carbocycles. The van der Waals surface area contributed by atoms with E-state index in [9.17, 15) is 18.0 Å². The van der Waals surface area contributed by atoms with Gasteiger partial charge in [0, 0.05) is 5.56 Å². The second kappa shape index (κ2) is 5.14. The zero-order chi connectivity index (χ0) is 13.9. The lowest BCUT2D eigenvalue weighted by Gasteiger charge is -2.14. The summed E-state index contributed by atoms with van der Waals surface area (Å²) in [6, 6.07) is 11.3. The molecule has 0 unspecified atom stereocenters. The van der Waals surface area contributed by atoms with Gasteiger partial charge in [0.25, 0.3) is 0 Å². The molecular formula is C14H9F3O2. The fourth-order valence-corrected chi connectivity index (χ4v) is 1.55. The standard InChI is InChI=1S/C14H9F3O2/c15-14(16,17)12-8-10(9-18)6-7-13(12)19-11-4-2-1-3-5-11/h1-9H. The van der Waals surface area contributed by atoms with Crippen molar-refractivity contribution in [3.8, 4) is 11.5 Å². The van der Waals surface area contributed by atoms with Gasteiger partial charge >= 0.3 is 6.18 Å². The van der Waals surface area contributed by atoms with E-state index in [-0.39, 0.29) is 11.3 Å². The minimum absolute atomic E-state index is 0.0484. The van der Waals surface area contributed by atoms with Crippen molar-refractivity contribution in [2.75, 3.05) is 0 Å². The van der Waals surface area contributed by atoms with Crippen molar-refractivity contribution < 1.29 is 22.7 Å². The van der Waals surface area contributed by atoms with Crippen molar-refractivity contribution in [3.63, 3.8) is 0 Å². The predicted molar refractivity (Wildman–Crippen MR) is 63.3 cm³/mol. The molecular weight excluding hydrogens is 257 g/mol. The zero-order valence-electron chi connectivity index (χ0n) is 9.65. The Bertz CT molecular complexity index is 577. The Hall–Kier alpha value is -2.30. The summed E-state index contributed by atoms with van der Waals surface area (Å²) in [5, 5.41) is 0. The first kappa shape index (κ1) is 13.1. The summed E-state index contributed by atoms with van der Waals surface area (Å²) >= 11 is 0. The number of carbonyl (C=O) groups is 1. The van der Waals surface area contributed by atoms with E-state index >= 15 is 0 Å². The largest absolute Gasteiger partial charge is 0.457 e. The maximum absolute atomic E-state index is 12.9. The SMILES string of the molecule is O=Cc1ccc(Oc2ccccc2)c(C(F)(F)F)c1. The van der Waals surface area contributed by atoms with Crippen molar-refractivity contribution in [1.82, 2.24) is 0 Å². The van der Waals surface area contributed by atoms with E-state index in [4.69, 9.17) is 4.74 Å². The second-order valence-corrected chi connectivity index (χ2v) is 3.79. The number of para-hydroxylation sites is 1. The van der Waals surface area contributed by atoms with E-state index in [1.54, 1.807) is 30.3 Å². The Morgan fingerprint density at radius 2 is 1.68 bits per heavy atom. The molecule has 0 saturated carbocycles. The highest BCUT2D eigenvalue weighted by molar-refractivity contribution is 5.75. The van der Waals surface area contributed by atoms with Gasteiger partial charge in [-0.05, 0) is 30.3 Å². The molecule has 2 aromatic rings. The van der Waals surface area contributed by atoms with Gasteiger partial charge in [0.05, 0.1) is 5.56 Å². The minimum atomic E-state index is -4.58. The lowest BCUT2D eigenvalue weighted by atomic mass is 10.1. The van der Waals surface area contributed by atoms with Crippen LogP contribution in [-0.4, -0.2) is 6.29 Å². The number of aldehydes is 1. The number of rotatable bonds is 3. The van der Waals surface area contributed by atoms with Gasteiger partial charge in [0.1, 0.15) is 17.8 Å². The van der Waals surface area contributed by atoms with Crippen LogP contribution in [0.5, 0.6) is 11.5 Å². The molecule has 2 rings (SSSR count). The number of halogens is 3. The Morgan fingerprint density at radius 1 is 1.00 bits per heavy atom. The first-order chi connectivity index (χ1) is 9.00. The van der Waals surface area contributed by atoms with E-state index < -0.39 is 11.7 Å². The van der Waals surface area contributed by atoms with Crippen LogP contribution in [0, 0.1) is 0 Å². The van der Waals surface area contributed by atoms with Crippen LogP contribution in [-0.2, 0) is 6.18 Å². The fourth-order valence-electron chi connectivity index (χ4n) is 1.55. The molecule has 0 bridgehead atoms. The van der Waals surface area contributed by atoms with Crippen LogP contribution < -0.4 is 4.74 Å². The Balaban J connectivity index is 2.42. The topological polar surface area (TPSA) is 26.3 Å². The minimum Gasteiger partial charge on any atom is -0.457 e. The van der Waals surface area contributed by atoms with E-state index in [2.05, 4.69) is 0 Å². The van der Waals surface area contributed by atoms with Crippen molar-refractivity contribution in [2.24, 2.45) is 0 Å². The summed E-state index contributed by atoms with van der Waals surface area (Å²) in [6.07, 6.45) is -4.22. The molecule has 0 spiro atoms. The molecule has 5 heteroatoms. The maximum atomic E-state index is 12.9. The molecule has 98 valence electrons. The highest BCUT2D eigenvalue weighted by atomic mass is 19.4. The molecule has 2 aromatic carbocycles. The average molecular weight is 266 g/mol. The van der Waals surface area contributed by atoms with Gasteiger partial charge in [-0.2, -0.15) is 13.2 Å². The third-order valence-corrected chi connectivity index (χ3v) is 2.42. The van der Waals surface area contributed by atoms with Gasteiger partial charge < -0.3 is 4.74 Å². The van der Waals surface area contributed by atoms with E-state index in [0.29, 0.717) is 12.0 Å². The highest BCUT2D eigenvalue weighted by Crippen LogP contribution is 2.38. The van der Waals surface area contributed by atoms with Crippen LogP contribution in [0.15, 0.2) is 48.5 Å². The lowest BCUT2D eigenvalue weighted by molar-refractivity contribution is -0.138. The summed E-state index contributed by atoms with van der Waals surface area (Å²) in [6.45, 7) is 0. The van der Waals surface area contributed by atoms with Crippen molar-refractivity contribution >= 4 is 6.29 Å². The number of carbonyl (C=O) groups excluding carboxylic acids is 1. The molecule has 0 atom stereocenters. The average Bonchev–Trinajstić information content (AvgIpc) is 2.39. The van der Waals surface area contributed by atoms with Crippen LogP contribution in [0.3, 0.4) is 0 Å². The summed E-state index contributed by atoms with van der Waals surface area (Å²) in [5.41, 5.74) is -1.02. The Morgan fingerprint density at radius 3 is 2.26 bits per heavy atom. The lowest BCUT2D eigenvalue weighted by Crippen LogP contribution is -2.08. The molecule has 19 heavy (non-hydrogen) atoms. The molecule has 0 heterocycles. The Labute approximate surface area is 107 Å². The molecule has 0 aliphatic heterocycles. The number of benzene rings is 2. The summed E-state index contributed by atoms with van der Waals surface area (Å²) in [5.74, 6) is -0.0313. The predicted octanol–water partition coefficient (Wildman–Crippen LogP) is 4.31. The first-order valence-electron chi connectivity index (χ1n) is 5.40. The van der Waals surface area contributed by atoms with Crippen molar-refractivity contribution in [2.45, 2.75) is 6.18 Å². The monoisotopic (exact) mass is 266 g/mol. The molecule has 0 aromatic heterocycles. The normalized spacial score (nSPS) is 11.1. The van der Waals surface area contributed by atoms with Gasteiger partial charge in [-0.1, -0.05) is 18.2 Å². The van der Waals surface area contributed by atoms with Crippen LogP contribution >= 0.6 is 0 Å². The molecule has 2 nitrogen and oxygen atoms in total. The van der Waals surface area contributed by atoms with Crippen LogP contribution in [0.4, 0.5) is 13.2 Å². The van der Waals surface area contributed by atoms with Crippen molar-refractivity contribution in [3.05, 3.63) is 59.7 Å². The van der Waals surface area contributed by atoms with Crippen molar-refractivity contribution in [1.29, 1.82) is 0 Å². The number of alkyl halides is 3. The van der Waals surface area contributed by atoms with Gasteiger partial charge in [0.2, 0.25) is 0 Å². The summed E-state index contributed by atoms with van der Waals surface area (Å²) in [7, 11) is 0. The van der Waals surface area contributed by atoms with Gasteiger partial charge in [0.15, 0.2) is 0 Å². The summed E-state index contributed by atoms with van der Waals surface area (Å²) < 4.78 is 43.8. The molecule has 0 aliphatic rings. The first-order valence-corrected chi connectivity index (χ1v) is 5.40. The fraction of sp³-hybridized carbons (Fsp3) is 0.0714. The van der Waals surface area contributed by atoms with E-state index in [0.717, 1.165) is 12.1 Å². The number of ether oxygens (including phenoxy) is 1. The van der Waals surface area contributed by atoms with Crippen LogP contribution in [0.1, 0.15) is 15.9 Å².